The van der Waals surface area contributed by atoms with Crippen LogP contribution in [0.1, 0.15) is 61.1 Å². The smallest absolute Gasteiger partial charge is 0.341 e. The monoisotopic (exact) mass is 398 g/mol. The first-order valence-corrected chi connectivity index (χ1v) is 9.28. The maximum absolute atomic E-state index is 13.1. The average Bonchev–Trinajstić information content (AvgIpc) is 3.13. The molecular weight excluding hydrogens is 378 g/mol. The van der Waals surface area contributed by atoms with E-state index in [0.29, 0.717) is 24.1 Å². The molecule has 1 fully saturated rings. The maximum Gasteiger partial charge on any atom is 0.341 e. The average molecular weight is 399 g/mol. The van der Waals surface area contributed by atoms with E-state index >= 15 is 0 Å². The minimum absolute atomic E-state index is 0.0445. The van der Waals surface area contributed by atoms with Gasteiger partial charge < -0.3 is 10.1 Å². The molecule has 2 aromatic rings. The van der Waals surface area contributed by atoms with Crippen molar-refractivity contribution < 1.29 is 18.3 Å². The first-order chi connectivity index (χ1) is 13.0. The third kappa shape index (κ3) is 4.55. The minimum atomic E-state index is -2.53. The van der Waals surface area contributed by atoms with Crippen molar-refractivity contribution in [3.05, 3.63) is 40.9 Å². The van der Waals surface area contributed by atoms with Gasteiger partial charge in [0.1, 0.15) is 16.4 Å². The van der Waals surface area contributed by atoms with Crippen molar-refractivity contribution in [3.8, 4) is 0 Å². The Bertz CT molecular complexity index is 791. The summed E-state index contributed by atoms with van der Waals surface area (Å²) in [5.41, 5.74) is 0.858. The molecule has 1 aliphatic carbocycles. The van der Waals surface area contributed by atoms with Crippen LogP contribution in [0.2, 0.25) is 5.15 Å². The number of aromatic nitrogens is 3. The number of hydrogen-bond donors (Lipinski definition) is 1. The normalized spacial score (nSPS) is 19.9. The van der Waals surface area contributed by atoms with Gasteiger partial charge in [-0.25, -0.2) is 18.6 Å². The number of ether oxygens (including phenoxy) is 1. The van der Waals surface area contributed by atoms with E-state index in [2.05, 4.69) is 15.4 Å². The standard InChI is InChI=1S/C18H21ClF2N4O2/c1-2-27-18(26)13-10-22-16(19)9-14(13)24-11-3-5-12(6-4-11)25-15(17(20)21)7-8-23-25/h7-12,17H,2-6H2,1H3,(H,22,24). The number of halogens is 3. The molecule has 2 heterocycles. The molecule has 0 amide bonds. The van der Waals surface area contributed by atoms with E-state index in [4.69, 9.17) is 16.3 Å². The highest BCUT2D eigenvalue weighted by Gasteiger charge is 2.27. The summed E-state index contributed by atoms with van der Waals surface area (Å²) in [7, 11) is 0. The number of alkyl halides is 2. The molecular formula is C18H21ClF2N4O2. The number of nitrogens with zero attached hydrogens (tertiary/aromatic N) is 3. The summed E-state index contributed by atoms with van der Waals surface area (Å²) < 4.78 is 32.6. The molecule has 0 radical (unpaired) electrons. The van der Waals surface area contributed by atoms with Crippen LogP contribution in [-0.4, -0.2) is 33.4 Å². The Balaban J connectivity index is 1.67. The lowest BCUT2D eigenvalue weighted by atomic mass is 9.90. The summed E-state index contributed by atoms with van der Waals surface area (Å²) in [6.07, 6.45) is 3.22. The van der Waals surface area contributed by atoms with E-state index in [1.807, 2.05) is 0 Å². The second-order valence-electron chi connectivity index (χ2n) is 6.42. The van der Waals surface area contributed by atoms with E-state index in [0.717, 1.165) is 12.8 Å². The number of esters is 1. The number of hydrogen-bond acceptors (Lipinski definition) is 5. The van der Waals surface area contributed by atoms with Crippen molar-refractivity contribution in [2.24, 2.45) is 0 Å². The van der Waals surface area contributed by atoms with E-state index in [1.54, 1.807) is 13.0 Å². The van der Waals surface area contributed by atoms with Gasteiger partial charge in [-0.1, -0.05) is 11.6 Å². The highest BCUT2D eigenvalue weighted by Crippen LogP contribution is 2.33. The molecule has 0 aliphatic heterocycles. The molecule has 27 heavy (non-hydrogen) atoms. The first kappa shape index (κ1) is 19.5. The van der Waals surface area contributed by atoms with Crippen LogP contribution in [0, 0.1) is 0 Å². The topological polar surface area (TPSA) is 69.0 Å². The molecule has 1 saturated carbocycles. The lowest BCUT2D eigenvalue weighted by Gasteiger charge is -2.31. The molecule has 2 aromatic heterocycles. The quantitative estimate of drug-likeness (QED) is 0.567. The number of rotatable bonds is 6. The highest BCUT2D eigenvalue weighted by molar-refractivity contribution is 6.29. The van der Waals surface area contributed by atoms with Gasteiger partial charge in [-0.05, 0) is 44.7 Å². The van der Waals surface area contributed by atoms with Crippen LogP contribution in [0.4, 0.5) is 14.5 Å². The largest absolute Gasteiger partial charge is 0.462 e. The van der Waals surface area contributed by atoms with Gasteiger partial charge in [0, 0.05) is 18.4 Å². The van der Waals surface area contributed by atoms with Gasteiger partial charge in [0.2, 0.25) is 0 Å². The van der Waals surface area contributed by atoms with Gasteiger partial charge in [0.15, 0.2) is 0 Å². The fourth-order valence-electron chi connectivity index (χ4n) is 3.41. The van der Waals surface area contributed by atoms with Crippen LogP contribution in [0.25, 0.3) is 0 Å². The Morgan fingerprint density at radius 2 is 2.15 bits per heavy atom. The summed E-state index contributed by atoms with van der Waals surface area (Å²) in [4.78, 5) is 16.0. The Kier molecular flexibility index (Phi) is 6.26. The zero-order valence-electron chi connectivity index (χ0n) is 14.9. The summed E-state index contributed by atoms with van der Waals surface area (Å²) in [5, 5.41) is 7.67. The van der Waals surface area contributed by atoms with Gasteiger partial charge in [0.25, 0.3) is 6.43 Å². The maximum atomic E-state index is 13.1. The van der Waals surface area contributed by atoms with Crippen LogP contribution in [-0.2, 0) is 4.74 Å². The predicted octanol–water partition coefficient (Wildman–Crippen LogP) is 4.64. The number of carbonyl (C=O) groups excluding carboxylic acids is 1. The molecule has 6 nitrogen and oxygen atoms in total. The van der Waals surface area contributed by atoms with Crippen molar-refractivity contribution in [1.29, 1.82) is 0 Å². The molecule has 1 N–H and O–H groups in total. The van der Waals surface area contributed by atoms with Gasteiger partial charge in [-0.2, -0.15) is 5.10 Å². The molecule has 9 heteroatoms. The summed E-state index contributed by atoms with van der Waals surface area (Å²) >= 11 is 5.97. The Morgan fingerprint density at radius 1 is 1.41 bits per heavy atom. The molecule has 0 bridgehead atoms. The molecule has 0 aromatic carbocycles. The zero-order valence-corrected chi connectivity index (χ0v) is 15.6. The van der Waals surface area contributed by atoms with E-state index in [1.165, 1.54) is 23.1 Å². The number of carbonyl (C=O) groups is 1. The van der Waals surface area contributed by atoms with Crippen molar-refractivity contribution in [1.82, 2.24) is 14.8 Å². The second kappa shape index (κ2) is 8.65. The van der Waals surface area contributed by atoms with Crippen LogP contribution in [0.3, 0.4) is 0 Å². The molecule has 0 unspecified atom stereocenters. The van der Waals surface area contributed by atoms with Crippen molar-refractivity contribution >= 4 is 23.3 Å². The third-order valence-corrected chi connectivity index (χ3v) is 4.90. The molecule has 0 atom stereocenters. The number of anilines is 1. The van der Waals surface area contributed by atoms with Crippen LogP contribution < -0.4 is 5.32 Å². The Morgan fingerprint density at radius 3 is 2.81 bits per heavy atom. The first-order valence-electron chi connectivity index (χ1n) is 8.90. The van der Waals surface area contributed by atoms with E-state index in [-0.39, 0.29) is 29.5 Å². The fourth-order valence-corrected chi connectivity index (χ4v) is 3.57. The molecule has 3 rings (SSSR count). The second-order valence-corrected chi connectivity index (χ2v) is 6.81. The van der Waals surface area contributed by atoms with Crippen LogP contribution >= 0.6 is 11.6 Å². The summed E-state index contributed by atoms with van der Waals surface area (Å²) in [5.74, 6) is -0.462. The molecule has 146 valence electrons. The Labute approximate surface area is 160 Å². The van der Waals surface area contributed by atoms with Crippen LogP contribution in [0.5, 0.6) is 0 Å². The van der Waals surface area contributed by atoms with Gasteiger partial charge in [-0.15, -0.1) is 0 Å². The number of nitrogens with one attached hydrogen (secondary N) is 1. The molecule has 0 spiro atoms. The third-order valence-electron chi connectivity index (χ3n) is 4.69. The number of pyridine rings is 1. The zero-order chi connectivity index (χ0) is 19.4. The predicted molar refractivity (Wildman–Crippen MR) is 97.3 cm³/mol. The highest BCUT2D eigenvalue weighted by atomic mass is 35.5. The SMILES string of the molecule is CCOC(=O)c1cnc(Cl)cc1NC1CCC(n2nccc2C(F)F)CC1. The summed E-state index contributed by atoms with van der Waals surface area (Å²) in [6.45, 7) is 2.00. The van der Waals surface area contributed by atoms with E-state index < -0.39 is 12.4 Å². The lowest BCUT2D eigenvalue weighted by molar-refractivity contribution is 0.0527. The van der Waals surface area contributed by atoms with Crippen molar-refractivity contribution in [2.75, 3.05) is 11.9 Å². The van der Waals surface area contributed by atoms with Gasteiger partial charge >= 0.3 is 5.97 Å². The van der Waals surface area contributed by atoms with E-state index in [9.17, 15) is 13.6 Å². The lowest BCUT2D eigenvalue weighted by Crippen LogP contribution is -2.29. The molecule has 1 aliphatic rings. The van der Waals surface area contributed by atoms with Gasteiger partial charge in [0.05, 0.1) is 18.3 Å². The Hall–Kier alpha value is -2.22. The van der Waals surface area contributed by atoms with Crippen molar-refractivity contribution in [3.63, 3.8) is 0 Å². The van der Waals surface area contributed by atoms with Gasteiger partial charge in [-0.3, -0.25) is 4.68 Å². The summed E-state index contributed by atoms with van der Waals surface area (Å²) in [6, 6.07) is 3.01. The fraction of sp³-hybridized carbons (Fsp3) is 0.500. The molecule has 0 saturated heterocycles. The minimum Gasteiger partial charge on any atom is -0.462 e. The van der Waals surface area contributed by atoms with Crippen molar-refractivity contribution in [2.45, 2.75) is 51.1 Å². The van der Waals surface area contributed by atoms with Crippen LogP contribution in [0.15, 0.2) is 24.5 Å².